The van der Waals surface area contributed by atoms with Crippen LogP contribution in [0.25, 0.3) is 0 Å². The van der Waals surface area contributed by atoms with E-state index in [4.69, 9.17) is 10.5 Å². The van der Waals surface area contributed by atoms with Crippen molar-refractivity contribution in [2.75, 3.05) is 20.3 Å². The van der Waals surface area contributed by atoms with Crippen LogP contribution in [-0.4, -0.2) is 53.3 Å². The molecule has 0 amide bonds. The minimum Gasteiger partial charge on any atom is -0.504 e. The zero-order valence-electron chi connectivity index (χ0n) is 20.9. The lowest BCUT2D eigenvalue weighted by Gasteiger charge is -2.24. The van der Waals surface area contributed by atoms with E-state index in [0.29, 0.717) is 30.8 Å². The molecule has 1 aliphatic heterocycles. The van der Waals surface area contributed by atoms with Gasteiger partial charge in [0.15, 0.2) is 29.2 Å². The summed E-state index contributed by atoms with van der Waals surface area (Å²) in [5.74, 6) is -0.553. The molecule has 0 radical (unpaired) electrons. The monoisotopic (exact) mass is 488 g/mol. The Hall–Kier alpha value is -2.84. The molecule has 35 heavy (non-hydrogen) atoms. The third-order valence-electron chi connectivity index (χ3n) is 6.34. The molecule has 2 atom stereocenters. The summed E-state index contributed by atoms with van der Waals surface area (Å²) in [6, 6.07) is 3.42. The van der Waals surface area contributed by atoms with E-state index in [-0.39, 0.29) is 43.3 Å². The SMILES string of the molecule is CCCCCCCC(=O)C(O)C(=O)CCc1cc(OC)c(O)c(C(CCO)C2=CCNC(N)=C2)c1. The minimum atomic E-state index is -1.60. The summed E-state index contributed by atoms with van der Waals surface area (Å²) < 4.78 is 5.35. The highest BCUT2D eigenvalue weighted by Gasteiger charge is 2.25. The normalized spacial score (nSPS) is 15.0. The smallest absolute Gasteiger partial charge is 0.170 e. The number of hydrogen-bond donors (Lipinski definition) is 5. The maximum atomic E-state index is 12.5. The number of methoxy groups -OCH3 is 1. The fourth-order valence-corrected chi connectivity index (χ4v) is 4.33. The van der Waals surface area contributed by atoms with Crippen molar-refractivity contribution in [3.05, 3.63) is 46.8 Å². The second-order valence-corrected chi connectivity index (χ2v) is 8.98. The fraction of sp³-hybridized carbons (Fsp3) is 0.556. The molecule has 0 saturated heterocycles. The molecular formula is C27H40N2O6. The number of benzene rings is 1. The maximum absolute atomic E-state index is 12.5. The number of allylic oxidation sites excluding steroid dienone is 2. The molecule has 1 aliphatic rings. The number of aryl methyl sites for hydroxylation is 1. The maximum Gasteiger partial charge on any atom is 0.170 e. The summed E-state index contributed by atoms with van der Waals surface area (Å²) in [7, 11) is 1.44. The second kappa shape index (κ2) is 14.5. The van der Waals surface area contributed by atoms with Crippen LogP contribution in [0.3, 0.4) is 0 Å². The van der Waals surface area contributed by atoms with Crippen molar-refractivity contribution < 1.29 is 29.6 Å². The van der Waals surface area contributed by atoms with Crippen LogP contribution < -0.4 is 15.8 Å². The predicted molar refractivity (Wildman–Crippen MR) is 135 cm³/mol. The van der Waals surface area contributed by atoms with Crippen LogP contribution in [0, 0.1) is 0 Å². The quantitative estimate of drug-likeness (QED) is 0.177. The van der Waals surface area contributed by atoms with Crippen LogP contribution in [0.4, 0.5) is 0 Å². The summed E-state index contributed by atoms with van der Waals surface area (Å²) in [5.41, 5.74) is 8.06. The van der Waals surface area contributed by atoms with Gasteiger partial charge in [-0.25, -0.2) is 0 Å². The zero-order chi connectivity index (χ0) is 25.8. The highest BCUT2D eigenvalue weighted by molar-refractivity contribution is 6.05. The van der Waals surface area contributed by atoms with Crippen molar-refractivity contribution in [2.45, 2.75) is 76.7 Å². The van der Waals surface area contributed by atoms with Crippen LogP contribution in [-0.2, 0) is 16.0 Å². The summed E-state index contributed by atoms with van der Waals surface area (Å²) in [5, 5.41) is 33.7. The van der Waals surface area contributed by atoms with Gasteiger partial charge in [0.05, 0.1) is 12.9 Å². The highest BCUT2D eigenvalue weighted by Crippen LogP contribution is 2.41. The first-order valence-corrected chi connectivity index (χ1v) is 12.5. The van der Waals surface area contributed by atoms with E-state index in [1.165, 1.54) is 7.11 Å². The number of nitrogens with two attached hydrogens (primary N) is 1. The first-order chi connectivity index (χ1) is 16.8. The van der Waals surface area contributed by atoms with Gasteiger partial charge in [-0.1, -0.05) is 44.7 Å². The number of aliphatic hydroxyl groups is 2. The molecule has 1 aromatic carbocycles. The molecule has 1 aromatic rings. The van der Waals surface area contributed by atoms with Crippen LogP contribution >= 0.6 is 0 Å². The van der Waals surface area contributed by atoms with E-state index in [1.54, 1.807) is 18.2 Å². The number of ketones is 2. The average molecular weight is 489 g/mol. The Balaban J connectivity index is 2.12. The molecule has 0 aliphatic carbocycles. The van der Waals surface area contributed by atoms with E-state index in [1.807, 2.05) is 6.08 Å². The molecule has 2 rings (SSSR count). The molecule has 8 nitrogen and oxygen atoms in total. The number of unbranched alkanes of at least 4 members (excludes halogenated alkanes) is 4. The number of nitrogens with one attached hydrogen (secondary N) is 1. The number of dihydropyridines is 1. The molecule has 0 bridgehead atoms. The van der Waals surface area contributed by atoms with Crippen molar-refractivity contribution >= 4 is 11.6 Å². The lowest BCUT2D eigenvalue weighted by atomic mass is 9.85. The molecule has 0 fully saturated rings. The lowest BCUT2D eigenvalue weighted by Crippen LogP contribution is -2.30. The van der Waals surface area contributed by atoms with Gasteiger partial charge < -0.3 is 31.1 Å². The van der Waals surface area contributed by atoms with E-state index in [9.17, 15) is 24.9 Å². The Morgan fingerprint density at radius 2 is 1.86 bits per heavy atom. The van der Waals surface area contributed by atoms with Crippen molar-refractivity contribution in [2.24, 2.45) is 5.73 Å². The molecular weight excluding hydrogens is 448 g/mol. The van der Waals surface area contributed by atoms with Gasteiger partial charge in [0.25, 0.3) is 0 Å². The Labute approximate surface area is 207 Å². The number of carbonyl (C=O) groups is 2. The fourth-order valence-electron chi connectivity index (χ4n) is 4.33. The van der Waals surface area contributed by atoms with Gasteiger partial charge in [-0.05, 0) is 42.5 Å². The van der Waals surface area contributed by atoms with Crippen molar-refractivity contribution in [3.8, 4) is 11.5 Å². The Morgan fingerprint density at radius 1 is 1.14 bits per heavy atom. The van der Waals surface area contributed by atoms with E-state index >= 15 is 0 Å². The van der Waals surface area contributed by atoms with Crippen LogP contribution in [0.5, 0.6) is 11.5 Å². The van der Waals surface area contributed by atoms with E-state index in [0.717, 1.165) is 36.8 Å². The highest BCUT2D eigenvalue weighted by atomic mass is 16.5. The largest absolute Gasteiger partial charge is 0.504 e. The standard InChI is InChI=1S/C27H40N2O6/c1-3-4-5-6-7-8-22(31)27(34)23(32)10-9-18-15-21(26(33)24(16-18)35-2)20(12-14-30)19-11-13-29-25(28)17-19/h11,15-17,20,27,29-30,33-34H,3-10,12-14,28H2,1-2H3. The first-order valence-electron chi connectivity index (χ1n) is 12.5. The number of rotatable bonds is 16. The van der Waals surface area contributed by atoms with Gasteiger partial charge in [-0.15, -0.1) is 0 Å². The molecule has 0 spiro atoms. The molecule has 0 aromatic heterocycles. The topological polar surface area (TPSA) is 142 Å². The Bertz CT molecular complexity index is 924. The number of Topliss-reactive ketones (excluding diaryl/α,β-unsaturated/α-hetero) is 2. The molecule has 194 valence electrons. The zero-order valence-corrected chi connectivity index (χ0v) is 20.9. The first kappa shape index (κ1) is 28.4. The lowest BCUT2D eigenvalue weighted by molar-refractivity contribution is -0.138. The molecule has 8 heteroatoms. The Kier molecular flexibility index (Phi) is 11.8. The summed E-state index contributed by atoms with van der Waals surface area (Å²) in [6.07, 6.45) is 7.81. The third-order valence-corrected chi connectivity index (χ3v) is 6.34. The van der Waals surface area contributed by atoms with Crippen LogP contribution in [0.1, 0.15) is 75.3 Å². The number of aliphatic hydroxyl groups excluding tert-OH is 2. The number of phenolic OH excluding ortho intramolecular Hbond substituents is 1. The molecule has 6 N–H and O–H groups in total. The van der Waals surface area contributed by atoms with Crippen molar-refractivity contribution in [1.29, 1.82) is 0 Å². The number of hydrogen-bond acceptors (Lipinski definition) is 8. The van der Waals surface area contributed by atoms with Gasteiger partial charge in [-0.2, -0.15) is 0 Å². The van der Waals surface area contributed by atoms with E-state index < -0.39 is 17.7 Å². The van der Waals surface area contributed by atoms with Gasteiger partial charge in [0.1, 0.15) is 0 Å². The summed E-state index contributed by atoms with van der Waals surface area (Å²) in [6.45, 7) is 2.56. The van der Waals surface area contributed by atoms with Gasteiger partial charge in [0.2, 0.25) is 0 Å². The van der Waals surface area contributed by atoms with Crippen molar-refractivity contribution in [1.82, 2.24) is 5.32 Å². The van der Waals surface area contributed by atoms with E-state index in [2.05, 4.69) is 12.2 Å². The average Bonchev–Trinajstić information content (AvgIpc) is 2.85. The molecule has 2 unspecified atom stereocenters. The van der Waals surface area contributed by atoms with Gasteiger partial charge in [0, 0.05) is 37.5 Å². The molecule has 0 saturated carbocycles. The van der Waals surface area contributed by atoms with Crippen molar-refractivity contribution in [3.63, 3.8) is 0 Å². The number of ether oxygens (including phenoxy) is 1. The second-order valence-electron chi connectivity index (χ2n) is 8.98. The van der Waals surface area contributed by atoms with Crippen LogP contribution in [0.15, 0.2) is 35.7 Å². The summed E-state index contributed by atoms with van der Waals surface area (Å²) >= 11 is 0. The Morgan fingerprint density at radius 3 is 2.51 bits per heavy atom. The van der Waals surface area contributed by atoms with Gasteiger partial charge >= 0.3 is 0 Å². The number of phenols is 1. The predicted octanol–water partition coefficient (Wildman–Crippen LogP) is 2.99. The molecule has 1 heterocycles. The summed E-state index contributed by atoms with van der Waals surface area (Å²) in [4.78, 5) is 24.7. The number of aromatic hydroxyl groups is 1. The van der Waals surface area contributed by atoms with Gasteiger partial charge in [-0.3, -0.25) is 9.59 Å². The third kappa shape index (κ3) is 8.40. The minimum absolute atomic E-state index is 0.0136. The van der Waals surface area contributed by atoms with Crippen LogP contribution in [0.2, 0.25) is 0 Å². The number of carbonyl (C=O) groups excluding carboxylic acids is 2.